The van der Waals surface area contributed by atoms with Crippen LogP contribution in [0.5, 0.6) is 0 Å². The number of aryl methyl sites for hydroxylation is 1. The second kappa shape index (κ2) is 9.20. The molecule has 6 rings (SSSR count). The Morgan fingerprint density at radius 1 is 1.00 bits per heavy atom. The molecule has 2 unspecified atom stereocenters. The monoisotopic (exact) mass is 466 g/mol. The zero-order valence-electron chi connectivity index (χ0n) is 19.3. The van der Waals surface area contributed by atoms with E-state index in [-0.39, 0.29) is 0 Å². The minimum Gasteiger partial charge on any atom is -0.345 e. The highest BCUT2D eigenvalue weighted by atomic mass is 32.1. The first-order valence-corrected chi connectivity index (χ1v) is 13.7. The highest BCUT2D eigenvalue weighted by molar-refractivity contribution is 7.15. The Morgan fingerprint density at radius 2 is 1.88 bits per heavy atom. The summed E-state index contributed by atoms with van der Waals surface area (Å²) in [6, 6.07) is 0.425. The number of nitrogens with one attached hydrogen (secondary N) is 1. The lowest BCUT2D eigenvalue weighted by molar-refractivity contribution is -0.119. The third-order valence-electron chi connectivity index (χ3n) is 8.17. The van der Waals surface area contributed by atoms with Gasteiger partial charge in [-0.25, -0.2) is 9.97 Å². The second-order valence-electron chi connectivity index (χ2n) is 10.2. The van der Waals surface area contributed by atoms with E-state index in [1.807, 2.05) is 4.90 Å². The Labute approximate surface area is 200 Å². The number of hydrogen-bond donors (Lipinski definition) is 1. The van der Waals surface area contributed by atoms with E-state index in [1.54, 1.807) is 11.3 Å². The Morgan fingerprint density at radius 3 is 2.76 bits per heavy atom. The van der Waals surface area contributed by atoms with Crippen molar-refractivity contribution in [2.75, 3.05) is 29.9 Å². The molecule has 2 atom stereocenters. The zero-order valence-corrected chi connectivity index (χ0v) is 20.2. The van der Waals surface area contributed by atoms with E-state index in [2.05, 4.69) is 16.4 Å². The van der Waals surface area contributed by atoms with Gasteiger partial charge in [0.1, 0.15) is 5.82 Å². The molecular formula is C25H34N6OS. The summed E-state index contributed by atoms with van der Waals surface area (Å²) in [5, 5.41) is 4.56. The predicted octanol–water partition coefficient (Wildman–Crippen LogP) is 4.66. The fraction of sp³-hybridized carbons (Fsp3) is 0.680. The van der Waals surface area contributed by atoms with Gasteiger partial charge in [0.25, 0.3) is 0 Å². The molecule has 176 valence electrons. The lowest BCUT2D eigenvalue weighted by atomic mass is 9.89. The minimum absolute atomic E-state index is 0.425. The van der Waals surface area contributed by atoms with E-state index >= 15 is 0 Å². The lowest BCUT2D eigenvalue weighted by Crippen LogP contribution is -2.45. The summed E-state index contributed by atoms with van der Waals surface area (Å²) in [4.78, 5) is 32.1. The first-order chi connectivity index (χ1) is 16.3. The lowest BCUT2D eigenvalue weighted by Gasteiger charge is -2.37. The molecule has 4 aliphatic rings. The quantitative estimate of drug-likeness (QED) is 0.624. The molecule has 1 amide bonds. The number of fused-ring (bicyclic) bond motifs is 1. The van der Waals surface area contributed by atoms with Crippen molar-refractivity contribution in [2.45, 2.75) is 82.6 Å². The van der Waals surface area contributed by atoms with Crippen LogP contribution in [-0.4, -0.2) is 51.9 Å². The van der Waals surface area contributed by atoms with Gasteiger partial charge in [-0.2, -0.15) is 4.98 Å². The molecule has 3 fully saturated rings. The minimum atomic E-state index is 0.425. The molecule has 1 N–H and O–H groups in total. The molecule has 1 saturated carbocycles. The van der Waals surface area contributed by atoms with Crippen LogP contribution in [-0.2, 0) is 17.6 Å². The summed E-state index contributed by atoms with van der Waals surface area (Å²) < 4.78 is 0. The van der Waals surface area contributed by atoms with Crippen LogP contribution in [0, 0.1) is 5.92 Å². The third kappa shape index (κ3) is 4.22. The largest absolute Gasteiger partial charge is 0.345 e. The van der Waals surface area contributed by atoms with Crippen molar-refractivity contribution in [1.29, 1.82) is 0 Å². The van der Waals surface area contributed by atoms with E-state index < -0.39 is 0 Å². The molecule has 33 heavy (non-hydrogen) atoms. The summed E-state index contributed by atoms with van der Waals surface area (Å²) in [6.07, 6.45) is 16.2. The zero-order chi connectivity index (χ0) is 22.2. The standard InChI is InChI=1S/C25H34N6OS/c32-16-30-12-4-8-18(15-30)21-11-5-13-31(21)24-27-20-10-3-9-19(20)23(28-24)29-25-26-14-22(33-25)17-6-1-2-7-17/h14,16-18,21H,1-13,15H2,(H,26,27,28,29). The number of rotatable bonds is 6. The number of piperidine rings is 1. The molecule has 0 spiro atoms. The van der Waals surface area contributed by atoms with Gasteiger partial charge in [-0.15, -0.1) is 11.3 Å². The summed E-state index contributed by atoms with van der Waals surface area (Å²) in [5.74, 6) is 3.03. The number of anilines is 3. The molecule has 8 heteroatoms. The van der Waals surface area contributed by atoms with Crippen molar-refractivity contribution >= 4 is 34.6 Å². The number of carbonyl (C=O) groups excluding carboxylic acids is 1. The van der Waals surface area contributed by atoms with Crippen molar-refractivity contribution in [1.82, 2.24) is 19.9 Å². The highest BCUT2D eigenvalue weighted by Crippen LogP contribution is 2.40. The van der Waals surface area contributed by atoms with Gasteiger partial charge in [0.05, 0.1) is 5.69 Å². The predicted molar refractivity (Wildman–Crippen MR) is 131 cm³/mol. The average Bonchev–Trinajstić information content (AvgIpc) is 3.65. The van der Waals surface area contributed by atoms with Gasteiger partial charge in [-0.3, -0.25) is 4.79 Å². The van der Waals surface area contributed by atoms with Gasteiger partial charge in [-0.1, -0.05) is 12.8 Å². The highest BCUT2D eigenvalue weighted by Gasteiger charge is 2.36. The molecule has 2 aliphatic carbocycles. The summed E-state index contributed by atoms with van der Waals surface area (Å²) >= 11 is 1.80. The molecule has 2 saturated heterocycles. The summed E-state index contributed by atoms with van der Waals surface area (Å²) in [6.45, 7) is 2.76. The van der Waals surface area contributed by atoms with Crippen molar-refractivity contribution in [3.63, 3.8) is 0 Å². The SMILES string of the molecule is O=CN1CCCC(C2CCCN2c2nc3c(c(Nc4ncc(C5CCCC5)s4)n2)CCC3)C1. The van der Waals surface area contributed by atoms with Gasteiger partial charge < -0.3 is 15.1 Å². The molecule has 0 aromatic carbocycles. The number of hydrogen-bond acceptors (Lipinski definition) is 7. The maximum Gasteiger partial charge on any atom is 0.227 e. The Bertz CT molecular complexity index is 1000. The molecule has 2 aromatic heterocycles. The fourth-order valence-corrected chi connectivity index (χ4v) is 7.46. The molecular weight excluding hydrogens is 432 g/mol. The van der Waals surface area contributed by atoms with Gasteiger partial charge in [0, 0.05) is 42.3 Å². The van der Waals surface area contributed by atoms with Gasteiger partial charge in [0.2, 0.25) is 12.4 Å². The van der Waals surface area contributed by atoms with Crippen LogP contribution < -0.4 is 10.2 Å². The number of amides is 1. The number of aromatic nitrogens is 3. The molecule has 2 aromatic rings. The Balaban J connectivity index is 1.26. The number of likely N-dealkylation sites (tertiary alicyclic amines) is 1. The van der Waals surface area contributed by atoms with Gasteiger partial charge in [0.15, 0.2) is 5.13 Å². The molecule has 2 aliphatic heterocycles. The number of thiazole rings is 1. The second-order valence-corrected chi connectivity index (χ2v) is 11.3. The van der Waals surface area contributed by atoms with E-state index in [0.29, 0.717) is 17.9 Å². The van der Waals surface area contributed by atoms with Crippen LogP contribution in [0.25, 0.3) is 0 Å². The fourth-order valence-electron chi connectivity index (χ4n) is 6.48. The van der Waals surface area contributed by atoms with E-state index in [9.17, 15) is 4.79 Å². The van der Waals surface area contributed by atoms with Crippen molar-refractivity contribution in [2.24, 2.45) is 5.92 Å². The first-order valence-electron chi connectivity index (χ1n) is 12.9. The number of nitrogens with zero attached hydrogens (tertiary/aromatic N) is 5. The maximum absolute atomic E-state index is 11.4. The van der Waals surface area contributed by atoms with E-state index in [0.717, 1.165) is 75.0 Å². The van der Waals surface area contributed by atoms with Crippen LogP contribution in [0.4, 0.5) is 16.9 Å². The van der Waals surface area contributed by atoms with Crippen LogP contribution in [0.1, 0.15) is 79.8 Å². The summed E-state index contributed by atoms with van der Waals surface area (Å²) in [5.41, 5.74) is 2.48. The molecule has 4 heterocycles. The van der Waals surface area contributed by atoms with E-state index in [1.165, 1.54) is 54.7 Å². The molecule has 0 bridgehead atoms. The van der Waals surface area contributed by atoms with Crippen LogP contribution in [0.2, 0.25) is 0 Å². The first kappa shape index (κ1) is 21.3. The Hall–Kier alpha value is -2.22. The van der Waals surface area contributed by atoms with Crippen molar-refractivity contribution < 1.29 is 4.79 Å². The van der Waals surface area contributed by atoms with Gasteiger partial charge in [-0.05, 0) is 69.6 Å². The van der Waals surface area contributed by atoms with Crippen LogP contribution in [0.15, 0.2) is 6.20 Å². The van der Waals surface area contributed by atoms with Crippen LogP contribution >= 0.6 is 11.3 Å². The van der Waals surface area contributed by atoms with Gasteiger partial charge >= 0.3 is 0 Å². The smallest absolute Gasteiger partial charge is 0.227 e. The molecule has 7 nitrogen and oxygen atoms in total. The third-order valence-corrected chi connectivity index (χ3v) is 9.24. The van der Waals surface area contributed by atoms with Crippen molar-refractivity contribution in [3.05, 3.63) is 22.3 Å². The normalized spacial score (nSPS) is 25.6. The van der Waals surface area contributed by atoms with Crippen LogP contribution in [0.3, 0.4) is 0 Å². The van der Waals surface area contributed by atoms with E-state index in [4.69, 9.17) is 15.0 Å². The topological polar surface area (TPSA) is 74.2 Å². The average molecular weight is 467 g/mol. The van der Waals surface area contributed by atoms with Crippen molar-refractivity contribution in [3.8, 4) is 0 Å². The Kier molecular flexibility index (Phi) is 5.94. The summed E-state index contributed by atoms with van der Waals surface area (Å²) in [7, 11) is 0. The number of carbonyl (C=O) groups is 1. The maximum atomic E-state index is 11.4. The molecule has 0 radical (unpaired) electrons.